The Morgan fingerprint density at radius 2 is 2.44 bits per heavy atom. The third kappa shape index (κ3) is 3.46. The molecule has 3 heteroatoms. The second kappa shape index (κ2) is 6.21. The van der Waals surface area contributed by atoms with E-state index in [2.05, 4.69) is 16.0 Å². The lowest BCUT2D eigenvalue weighted by Gasteiger charge is -2.32. The monoisotopic (exact) mass is 238 g/mol. The van der Waals surface area contributed by atoms with Gasteiger partial charge in [-0.25, -0.2) is 0 Å². The van der Waals surface area contributed by atoms with Crippen LogP contribution < -0.4 is 0 Å². The van der Waals surface area contributed by atoms with Crippen molar-refractivity contribution in [2.24, 2.45) is 5.92 Å². The molecule has 2 rings (SSSR count). The number of hydrogen-bond donors (Lipinski definition) is 0. The maximum Gasteiger partial charge on any atom is 0.0312 e. The van der Waals surface area contributed by atoms with Crippen molar-refractivity contribution in [2.45, 2.75) is 25.8 Å². The van der Waals surface area contributed by atoms with Crippen molar-refractivity contribution in [2.75, 3.05) is 19.0 Å². The third-order valence-corrected chi connectivity index (χ3v) is 3.47. The Labute approximate surface area is 103 Å². The number of alkyl halides is 1. The number of hydrogen-bond acceptors (Lipinski definition) is 2. The third-order valence-electron chi connectivity index (χ3n) is 3.25. The SMILES string of the molecule is ClCCC1CCCN(Cc2cccnc2)C1. The number of halogens is 1. The average molecular weight is 239 g/mol. The van der Waals surface area contributed by atoms with Crippen molar-refractivity contribution >= 4 is 11.6 Å². The Bertz CT molecular complexity index is 300. The first-order chi connectivity index (χ1) is 7.88. The van der Waals surface area contributed by atoms with Gasteiger partial charge in [0.2, 0.25) is 0 Å². The molecule has 1 atom stereocenters. The molecule has 1 unspecified atom stereocenters. The molecule has 0 spiro atoms. The summed E-state index contributed by atoms with van der Waals surface area (Å²) in [6, 6.07) is 4.16. The number of piperidine rings is 1. The minimum atomic E-state index is 0.794. The molecule has 1 aromatic rings. The van der Waals surface area contributed by atoms with Gasteiger partial charge in [0.15, 0.2) is 0 Å². The van der Waals surface area contributed by atoms with Gasteiger partial charge in [0.05, 0.1) is 0 Å². The van der Waals surface area contributed by atoms with Crippen LogP contribution in [0.15, 0.2) is 24.5 Å². The highest BCUT2D eigenvalue weighted by Crippen LogP contribution is 2.21. The van der Waals surface area contributed by atoms with Crippen LogP contribution in [-0.4, -0.2) is 28.9 Å². The predicted molar refractivity (Wildman–Crippen MR) is 67.6 cm³/mol. The lowest BCUT2D eigenvalue weighted by atomic mass is 9.95. The minimum Gasteiger partial charge on any atom is -0.299 e. The molecule has 0 bridgehead atoms. The van der Waals surface area contributed by atoms with Crippen LogP contribution in [0.5, 0.6) is 0 Å². The summed E-state index contributed by atoms with van der Waals surface area (Å²) in [5.41, 5.74) is 1.31. The molecule has 2 nitrogen and oxygen atoms in total. The first-order valence-electron chi connectivity index (χ1n) is 6.05. The van der Waals surface area contributed by atoms with Gasteiger partial charge in [0.1, 0.15) is 0 Å². The van der Waals surface area contributed by atoms with E-state index < -0.39 is 0 Å². The van der Waals surface area contributed by atoms with Gasteiger partial charge in [0, 0.05) is 31.4 Å². The van der Waals surface area contributed by atoms with Crippen molar-refractivity contribution < 1.29 is 0 Å². The Balaban J connectivity index is 1.85. The number of rotatable bonds is 4. The highest BCUT2D eigenvalue weighted by atomic mass is 35.5. The zero-order valence-electron chi connectivity index (χ0n) is 9.61. The molecule has 0 aromatic carbocycles. The number of nitrogens with zero attached hydrogens (tertiary/aromatic N) is 2. The fraction of sp³-hybridized carbons (Fsp3) is 0.615. The van der Waals surface area contributed by atoms with E-state index in [1.165, 1.54) is 31.5 Å². The van der Waals surface area contributed by atoms with Crippen LogP contribution in [0, 0.1) is 5.92 Å². The van der Waals surface area contributed by atoms with Crippen LogP contribution in [0.2, 0.25) is 0 Å². The maximum absolute atomic E-state index is 5.81. The van der Waals surface area contributed by atoms with E-state index in [-0.39, 0.29) is 0 Å². The summed E-state index contributed by atoms with van der Waals surface area (Å²) in [4.78, 5) is 6.68. The summed E-state index contributed by atoms with van der Waals surface area (Å²) < 4.78 is 0. The predicted octanol–water partition coefficient (Wildman–Crippen LogP) is 2.92. The second-order valence-corrected chi connectivity index (χ2v) is 4.96. The van der Waals surface area contributed by atoms with Gasteiger partial charge in [-0.2, -0.15) is 0 Å². The molecule has 0 amide bonds. The minimum absolute atomic E-state index is 0.794. The van der Waals surface area contributed by atoms with Crippen molar-refractivity contribution in [1.29, 1.82) is 0 Å². The summed E-state index contributed by atoms with van der Waals surface area (Å²) in [6.45, 7) is 3.45. The van der Waals surface area contributed by atoms with Gasteiger partial charge < -0.3 is 0 Å². The first kappa shape index (κ1) is 11.9. The average Bonchev–Trinajstić information content (AvgIpc) is 2.31. The summed E-state index contributed by atoms with van der Waals surface area (Å²) in [6.07, 6.45) is 7.60. The molecule has 1 aromatic heterocycles. The largest absolute Gasteiger partial charge is 0.299 e. The lowest BCUT2D eigenvalue weighted by molar-refractivity contribution is 0.165. The van der Waals surface area contributed by atoms with E-state index in [0.717, 1.165) is 24.8 Å². The van der Waals surface area contributed by atoms with Crippen LogP contribution in [0.1, 0.15) is 24.8 Å². The van der Waals surface area contributed by atoms with Crippen LogP contribution in [0.25, 0.3) is 0 Å². The van der Waals surface area contributed by atoms with Gasteiger partial charge in [-0.1, -0.05) is 6.07 Å². The molecular formula is C13H19ClN2. The fourth-order valence-corrected chi connectivity index (χ4v) is 2.74. The first-order valence-corrected chi connectivity index (χ1v) is 6.59. The molecule has 1 saturated heterocycles. The quantitative estimate of drug-likeness (QED) is 0.750. The van der Waals surface area contributed by atoms with Crippen molar-refractivity contribution in [3.8, 4) is 0 Å². The Kier molecular flexibility index (Phi) is 4.61. The second-order valence-electron chi connectivity index (χ2n) is 4.58. The number of pyridine rings is 1. The number of likely N-dealkylation sites (tertiary alicyclic amines) is 1. The lowest BCUT2D eigenvalue weighted by Crippen LogP contribution is -2.35. The molecule has 88 valence electrons. The molecule has 0 radical (unpaired) electrons. The van der Waals surface area contributed by atoms with Crippen LogP contribution in [-0.2, 0) is 6.54 Å². The Morgan fingerprint density at radius 1 is 1.50 bits per heavy atom. The zero-order valence-corrected chi connectivity index (χ0v) is 10.4. The van der Waals surface area contributed by atoms with E-state index in [1.54, 1.807) is 0 Å². The molecule has 0 N–H and O–H groups in total. The molecule has 0 saturated carbocycles. The van der Waals surface area contributed by atoms with Gasteiger partial charge in [0.25, 0.3) is 0 Å². The van der Waals surface area contributed by atoms with E-state index in [4.69, 9.17) is 11.6 Å². The standard InChI is InChI=1S/C13H19ClN2/c14-6-5-12-4-2-8-16(10-12)11-13-3-1-7-15-9-13/h1,3,7,9,12H,2,4-6,8,10-11H2. The molecular weight excluding hydrogens is 220 g/mol. The molecule has 1 aliphatic rings. The fourth-order valence-electron chi connectivity index (χ4n) is 2.43. The van der Waals surface area contributed by atoms with Gasteiger partial charge in [-0.05, 0) is 43.4 Å². The zero-order chi connectivity index (χ0) is 11.2. The molecule has 1 aliphatic heterocycles. The van der Waals surface area contributed by atoms with E-state index in [0.29, 0.717) is 0 Å². The normalized spacial score (nSPS) is 22.2. The Morgan fingerprint density at radius 3 is 3.19 bits per heavy atom. The van der Waals surface area contributed by atoms with Gasteiger partial charge >= 0.3 is 0 Å². The molecule has 1 fully saturated rings. The van der Waals surface area contributed by atoms with Crippen LogP contribution >= 0.6 is 11.6 Å². The van der Waals surface area contributed by atoms with Crippen LogP contribution in [0.4, 0.5) is 0 Å². The van der Waals surface area contributed by atoms with Crippen molar-refractivity contribution in [1.82, 2.24) is 9.88 Å². The molecule has 2 heterocycles. The topological polar surface area (TPSA) is 16.1 Å². The summed E-state index contributed by atoms with van der Waals surface area (Å²) >= 11 is 5.81. The highest BCUT2D eigenvalue weighted by Gasteiger charge is 2.19. The summed E-state index contributed by atoms with van der Waals surface area (Å²) in [5.74, 6) is 1.59. The highest BCUT2D eigenvalue weighted by molar-refractivity contribution is 6.17. The van der Waals surface area contributed by atoms with Crippen molar-refractivity contribution in [3.63, 3.8) is 0 Å². The van der Waals surface area contributed by atoms with Gasteiger partial charge in [-0.3, -0.25) is 9.88 Å². The van der Waals surface area contributed by atoms with Crippen molar-refractivity contribution in [3.05, 3.63) is 30.1 Å². The molecule has 0 aliphatic carbocycles. The maximum atomic E-state index is 5.81. The summed E-state index contributed by atoms with van der Waals surface area (Å²) in [5, 5.41) is 0. The van der Waals surface area contributed by atoms with E-state index in [1.807, 2.05) is 18.5 Å². The van der Waals surface area contributed by atoms with Crippen LogP contribution in [0.3, 0.4) is 0 Å². The van der Waals surface area contributed by atoms with Gasteiger partial charge in [-0.15, -0.1) is 11.6 Å². The smallest absolute Gasteiger partial charge is 0.0312 e. The van der Waals surface area contributed by atoms with E-state index >= 15 is 0 Å². The molecule has 16 heavy (non-hydrogen) atoms. The summed E-state index contributed by atoms with van der Waals surface area (Å²) in [7, 11) is 0. The van der Waals surface area contributed by atoms with E-state index in [9.17, 15) is 0 Å². The number of aromatic nitrogens is 1. The Hall–Kier alpha value is -0.600.